The summed E-state index contributed by atoms with van der Waals surface area (Å²) in [5, 5.41) is 8.93. The average Bonchev–Trinajstić information content (AvgIpc) is 1.22. The molecular formula is C67H92N4O26. The van der Waals surface area contributed by atoms with Gasteiger partial charge in [0.05, 0.1) is 165 Å². The third-order valence-electron chi connectivity index (χ3n) is 13.7. The van der Waals surface area contributed by atoms with Gasteiger partial charge in [-0.05, 0) is 60.2 Å². The molecule has 0 spiro atoms. The van der Waals surface area contributed by atoms with Gasteiger partial charge >= 0.3 is 5.97 Å². The molecule has 6 rings (SSSR count). The Morgan fingerprint density at radius 3 is 1.47 bits per heavy atom. The molecule has 5 amide bonds. The number of amides is 5. The van der Waals surface area contributed by atoms with Gasteiger partial charge in [0.15, 0.2) is 29.6 Å². The Kier molecular flexibility index (Phi) is 38.3. The maximum Gasteiger partial charge on any atom is 0.333 e. The number of benzene rings is 4. The predicted molar refractivity (Wildman–Crippen MR) is 344 cm³/mol. The number of carbonyl (C=O) groups excluding carboxylic acids is 6. The minimum atomic E-state index is -0.862. The summed E-state index contributed by atoms with van der Waals surface area (Å²) in [6.45, 7) is 8.06. The zero-order valence-electron chi connectivity index (χ0n) is 55.5. The monoisotopic (exact) mass is 1370 g/mol. The third kappa shape index (κ3) is 31.3. The van der Waals surface area contributed by atoms with Crippen LogP contribution in [0.5, 0.6) is 46.0 Å². The first kappa shape index (κ1) is 77.9. The maximum atomic E-state index is 14.4. The van der Waals surface area contributed by atoms with Crippen LogP contribution in [0.15, 0.2) is 78.9 Å². The van der Waals surface area contributed by atoms with Gasteiger partial charge < -0.3 is 111 Å². The van der Waals surface area contributed by atoms with Crippen molar-refractivity contribution in [3.05, 3.63) is 95.6 Å². The highest BCUT2D eigenvalue weighted by molar-refractivity contribution is 6.01. The Labute approximate surface area is 564 Å². The van der Waals surface area contributed by atoms with Crippen molar-refractivity contribution in [3.63, 3.8) is 0 Å². The van der Waals surface area contributed by atoms with E-state index in [-0.39, 0.29) is 123 Å². The van der Waals surface area contributed by atoms with Crippen LogP contribution in [-0.2, 0) is 80.9 Å². The normalized spacial score (nSPS) is 15.5. The van der Waals surface area contributed by atoms with Gasteiger partial charge in [-0.2, -0.15) is 0 Å². The first-order valence-electron chi connectivity index (χ1n) is 32.1. The molecule has 0 aliphatic carbocycles. The van der Waals surface area contributed by atoms with Crippen LogP contribution in [0, 0.1) is 0 Å². The van der Waals surface area contributed by atoms with Crippen LogP contribution in [0.1, 0.15) is 53.2 Å². The van der Waals surface area contributed by atoms with Crippen molar-refractivity contribution in [2.24, 2.45) is 0 Å². The van der Waals surface area contributed by atoms with E-state index in [4.69, 9.17) is 94.8 Å². The highest BCUT2D eigenvalue weighted by Gasteiger charge is 2.33. The molecular weight excluding hydrogens is 1280 g/mol. The molecule has 0 saturated carbocycles. The predicted octanol–water partition coefficient (Wildman–Crippen LogP) is 3.64. The molecule has 1 fully saturated rings. The average molecular weight is 1370 g/mol. The Hall–Kier alpha value is -8.14. The SMILES string of the molecule is COCCOCCOCCOc1ccc2c(c1)OCCOCCOCCOCCOc1ccc(C(=O)NC(c3ccc(OCC(=O)NCCOCCOCCNC(=O)CCC(=O)ON4C(=O)CCC4=O)cc3)c3ccc(OC)cc3OC)cc1OCCOCCOCCOCCO2. The fourth-order valence-corrected chi connectivity index (χ4v) is 8.83. The van der Waals surface area contributed by atoms with Crippen molar-refractivity contribution in [2.75, 3.05) is 213 Å². The fourth-order valence-electron chi connectivity index (χ4n) is 8.83. The molecule has 2 heterocycles. The van der Waals surface area contributed by atoms with Gasteiger partial charge in [0.2, 0.25) is 5.91 Å². The zero-order chi connectivity index (χ0) is 68.8. The molecule has 0 bridgehead atoms. The molecule has 30 nitrogen and oxygen atoms in total. The summed E-state index contributed by atoms with van der Waals surface area (Å²) in [7, 11) is 4.69. The summed E-state index contributed by atoms with van der Waals surface area (Å²) in [6.07, 6.45) is -0.543. The van der Waals surface area contributed by atoms with Gasteiger partial charge in [-0.25, -0.2) is 4.79 Å². The number of rotatable bonds is 32. The molecule has 2 aliphatic rings. The van der Waals surface area contributed by atoms with Gasteiger partial charge in [0.25, 0.3) is 23.6 Å². The first-order valence-corrected chi connectivity index (χ1v) is 32.1. The van der Waals surface area contributed by atoms with Crippen molar-refractivity contribution in [1.29, 1.82) is 0 Å². The number of nitrogens with zero attached hydrogens (tertiary/aromatic N) is 1. The number of methoxy groups -OCH3 is 3. The largest absolute Gasteiger partial charge is 0.497 e. The molecule has 30 heteroatoms. The van der Waals surface area contributed by atoms with Gasteiger partial charge in [-0.3, -0.25) is 24.0 Å². The number of fused-ring (bicyclic) bond motifs is 2. The van der Waals surface area contributed by atoms with Crippen molar-refractivity contribution in [3.8, 4) is 46.0 Å². The molecule has 1 atom stereocenters. The van der Waals surface area contributed by atoms with E-state index in [1.165, 1.54) is 7.11 Å². The molecule has 0 aromatic heterocycles. The van der Waals surface area contributed by atoms with Gasteiger partial charge in [-0.1, -0.05) is 12.1 Å². The number of hydroxylamine groups is 2. The molecule has 1 saturated heterocycles. The maximum absolute atomic E-state index is 14.4. The van der Waals surface area contributed by atoms with E-state index in [1.54, 1.807) is 93.1 Å². The molecule has 0 radical (unpaired) electrons. The lowest BCUT2D eigenvalue weighted by molar-refractivity contribution is -0.197. The Balaban J connectivity index is 0.935. The Morgan fingerprint density at radius 1 is 0.454 bits per heavy atom. The lowest BCUT2D eigenvalue weighted by Gasteiger charge is -2.23. The molecule has 4 aromatic rings. The second kappa shape index (κ2) is 47.7. The summed E-state index contributed by atoms with van der Waals surface area (Å²) in [5.74, 6) is 0.378. The number of hydrogen-bond acceptors (Lipinski definition) is 26. The van der Waals surface area contributed by atoms with Crippen LogP contribution in [0.25, 0.3) is 0 Å². The molecule has 97 heavy (non-hydrogen) atoms. The Bertz CT molecular complexity index is 2930. The lowest BCUT2D eigenvalue weighted by Crippen LogP contribution is -2.33. The summed E-state index contributed by atoms with van der Waals surface area (Å²) < 4.78 is 109. The minimum absolute atomic E-state index is 0.0226. The van der Waals surface area contributed by atoms with Crippen molar-refractivity contribution in [1.82, 2.24) is 21.0 Å². The quantitative estimate of drug-likeness (QED) is 0.0464. The first-order chi connectivity index (χ1) is 47.5. The lowest BCUT2D eigenvalue weighted by atomic mass is 9.96. The number of ether oxygens (including phenoxy) is 19. The summed E-state index contributed by atoms with van der Waals surface area (Å²) >= 11 is 0. The zero-order valence-corrected chi connectivity index (χ0v) is 55.5. The molecule has 2 aliphatic heterocycles. The van der Waals surface area contributed by atoms with E-state index < -0.39 is 35.6 Å². The van der Waals surface area contributed by atoms with Crippen LogP contribution in [0.3, 0.4) is 0 Å². The number of hydrogen-bond donors (Lipinski definition) is 3. The third-order valence-corrected chi connectivity index (χ3v) is 13.7. The van der Waals surface area contributed by atoms with E-state index in [9.17, 15) is 28.8 Å². The number of carbonyl (C=O) groups is 6. The van der Waals surface area contributed by atoms with Crippen LogP contribution < -0.4 is 53.8 Å². The van der Waals surface area contributed by atoms with Crippen LogP contribution >= 0.6 is 0 Å². The van der Waals surface area contributed by atoms with Gasteiger partial charge in [0.1, 0.15) is 56.0 Å². The van der Waals surface area contributed by atoms with E-state index in [0.717, 1.165) is 0 Å². The van der Waals surface area contributed by atoms with E-state index in [1.807, 2.05) is 0 Å². The topological polar surface area (TPSA) is 326 Å². The van der Waals surface area contributed by atoms with E-state index in [0.29, 0.717) is 168 Å². The second-order valence-electron chi connectivity index (χ2n) is 20.7. The van der Waals surface area contributed by atoms with Gasteiger partial charge in [0, 0.05) is 62.7 Å². The Morgan fingerprint density at radius 2 is 0.928 bits per heavy atom. The number of nitrogens with one attached hydrogen (secondary N) is 3. The smallest absolute Gasteiger partial charge is 0.333 e. The second-order valence-corrected chi connectivity index (χ2v) is 20.7. The van der Waals surface area contributed by atoms with Crippen LogP contribution in [0.4, 0.5) is 0 Å². The molecule has 4 aromatic carbocycles. The summed E-state index contributed by atoms with van der Waals surface area (Å²) in [6, 6.07) is 21.7. The summed E-state index contributed by atoms with van der Waals surface area (Å²) in [4.78, 5) is 79.0. The van der Waals surface area contributed by atoms with Crippen molar-refractivity contribution < 1.29 is 124 Å². The van der Waals surface area contributed by atoms with E-state index in [2.05, 4.69) is 16.0 Å². The van der Waals surface area contributed by atoms with Crippen LogP contribution in [-0.4, -0.2) is 253 Å². The summed E-state index contributed by atoms with van der Waals surface area (Å²) in [5.41, 5.74) is 1.55. The van der Waals surface area contributed by atoms with Crippen LogP contribution in [0.2, 0.25) is 0 Å². The highest BCUT2D eigenvalue weighted by Crippen LogP contribution is 2.36. The molecule has 1 unspecified atom stereocenters. The standard InChI is InChI=1S/C67H92N4O26/c1-78-22-23-83-26-31-86-36-41-91-54-10-13-57-60(48-54)95-45-40-90-35-30-85-27-32-87-37-42-92-56-12-6-51(46-59(56)94-44-39-89-34-29-84-28-33-88-38-43-93-57)67(77)70-66(55-11-9-53(79-2)47-58(55)80-3)50-4-7-52(8-5-50)96-49-62(73)69-19-21-82-25-24-81-20-18-68-61(72)14-17-65(76)97-71-63(74)15-16-64(71)75/h4-13,46-48,66H,14-45,49H2,1-3H3,(H,68,72)(H,69,73)(H,70,77). The molecule has 3 N–H and O–H groups in total. The minimum Gasteiger partial charge on any atom is -0.497 e. The van der Waals surface area contributed by atoms with Crippen molar-refractivity contribution in [2.45, 2.75) is 31.7 Å². The van der Waals surface area contributed by atoms with Gasteiger partial charge in [-0.15, -0.1) is 5.06 Å². The van der Waals surface area contributed by atoms with E-state index >= 15 is 0 Å². The molecule has 536 valence electrons. The number of imide groups is 1. The highest BCUT2D eigenvalue weighted by atomic mass is 16.7. The fraction of sp³-hybridized carbons (Fsp3) is 0.552. The van der Waals surface area contributed by atoms with Crippen molar-refractivity contribution >= 4 is 35.5 Å².